The molecule has 41 heavy (non-hydrogen) atoms. The molecule has 0 amide bonds. The number of aromatic nitrogens is 3. The van der Waals surface area contributed by atoms with Crippen molar-refractivity contribution in [3.63, 3.8) is 0 Å². The normalized spacial score (nSPS) is 17.8. The molecule has 2 saturated heterocycles. The molecule has 2 aromatic carbocycles. The maximum absolute atomic E-state index is 11.7. The molecule has 6 rings (SSSR count). The van der Waals surface area contributed by atoms with Gasteiger partial charge in [-0.15, -0.1) is 0 Å². The summed E-state index contributed by atoms with van der Waals surface area (Å²) >= 11 is 0. The van der Waals surface area contributed by atoms with E-state index >= 15 is 0 Å². The average Bonchev–Trinajstić information content (AvgIpc) is 3.30. The Balaban J connectivity index is 1.10. The summed E-state index contributed by atoms with van der Waals surface area (Å²) in [7, 11) is 0. The van der Waals surface area contributed by atoms with Gasteiger partial charge in [0.05, 0.1) is 35.8 Å². The second-order valence-electron chi connectivity index (χ2n) is 10.9. The number of piperidine rings is 1. The number of aromatic carboxylic acids is 1. The summed E-state index contributed by atoms with van der Waals surface area (Å²) in [5, 5.41) is 9.50. The summed E-state index contributed by atoms with van der Waals surface area (Å²) in [6.45, 7) is 5.91. The van der Waals surface area contributed by atoms with E-state index in [-0.39, 0.29) is 17.5 Å². The van der Waals surface area contributed by atoms with Gasteiger partial charge in [0.2, 0.25) is 5.88 Å². The van der Waals surface area contributed by atoms with Gasteiger partial charge in [0, 0.05) is 29.8 Å². The molecule has 4 aromatic rings. The minimum atomic E-state index is -0.937. The van der Waals surface area contributed by atoms with E-state index in [0.29, 0.717) is 37.1 Å². The summed E-state index contributed by atoms with van der Waals surface area (Å²) in [5.41, 5.74) is 4.58. The first-order chi connectivity index (χ1) is 19.9. The summed E-state index contributed by atoms with van der Waals surface area (Å²) in [6.07, 6.45) is 3.10. The Morgan fingerprint density at radius 1 is 1.00 bits per heavy atom. The number of carbonyl (C=O) groups is 2. The number of imidazole rings is 1. The lowest BCUT2D eigenvalue weighted by molar-refractivity contribution is -0.0592. The van der Waals surface area contributed by atoms with Crippen LogP contribution >= 0.6 is 0 Å². The van der Waals surface area contributed by atoms with Crippen LogP contribution in [0, 0.1) is 0 Å². The van der Waals surface area contributed by atoms with E-state index in [0.717, 1.165) is 67.1 Å². The third kappa shape index (κ3) is 6.16. The number of carboxylic acids is 1. The van der Waals surface area contributed by atoms with Gasteiger partial charge >= 0.3 is 5.97 Å². The molecule has 0 radical (unpaired) electrons. The molecule has 2 aliphatic heterocycles. The molecule has 0 bridgehead atoms. The molecule has 9 nitrogen and oxygen atoms in total. The van der Waals surface area contributed by atoms with Gasteiger partial charge in [-0.3, -0.25) is 9.69 Å². The SMILES string of the molecule is CC(=O)c1cccc(COc2cccc(C3CCN(Cc4nc5ccc(C(=O)O)cc5n4C[C@@H]4CCO4)CC3)n2)c1. The Hall–Kier alpha value is -4.08. The Morgan fingerprint density at radius 3 is 2.54 bits per heavy atom. The highest BCUT2D eigenvalue weighted by Gasteiger charge is 2.26. The van der Waals surface area contributed by atoms with E-state index < -0.39 is 5.97 Å². The van der Waals surface area contributed by atoms with Crippen LogP contribution in [0.5, 0.6) is 5.88 Å². The predicted molar refractivity (Wildman–Crippen MR) is 153 cm³/mol. The van der Waals surface area contributed by atoms with Crippen molar-refractivity contribution in [2.75, 3.05) is 19.7 Å². The zero-order valence-corrected chi connectivity index (χ0v) is 23.2. The summed E-state index contributed by atoms with van der Waals surface area (Å²) in [5.74, 6) is 0.976. The Kier molecular flexibility index (Phi) is 7.80. The first-order valence-corrected chi connectivity index (χ1v) is 14.2. The van der Waals surface area contributed by atoms with E-state index in [9.17, 15) is 14.7 Å². The third-order valence-electron chi connectivity index (χ3n) is 8.09. The van der Waals surface area contributed by atoms with Gasteiger partial charge in [0.15, 0.2) is 5.78 Å². The van der Waals surface area contributed by atoms with Crippen LogP contribution in [0.15, 0.2) is 60.7 Å². The molecule has 212 valence electrons. The lowest BCUT2D eigenvalue weighted by Crippen LogP contribution is -2.35. The number of hydrogen-bond donors (Lipinski definition) is 1. The molecule has 0 unspecified atom stereocenters. The number of benzene rings is 2. The van der Waals surface area contributed by atoms with Crippen molar-refractivity contribution < 1.29 is 24.2 Å². The van der Waals surface area contributed by atoms with Crippen molar-refractivity contribution in [1.82, 2.24) is 19.4 Å². The zero-order chi connectivity index (χ0) is 28.3. The summed E-state index contributed by atoms with van der Waals surface area (Å²) in [6, 6.07) is 18.6. The highest BCUT2D eigenvalue weighted by atomic mass is 16.5. The predicted octanol–water partition coefficient (Wildman–Crippen LogP) is 5.08. The van der Waals surface area contributed by atoms with Gasteiger partial charge in [0.1, 0.15) is 12.4 Å². The fourth-order valence-electron chi connectivity index (χ4n) is 5.62. The monoisotopic (exact) mass is 554 g/mol. The van der Waals surface area contributed by atoms with Crippen LogP contribution in [0.1, 0.15) is 69.9 Å². The first kappa shape index (κ1) is 27.1. The number of ether oxygens (including phenoxy) is 2. The van der Waals surface area contributed by atoms with Crippen molar-refractivity contribution in [2.45, 2.75) is 57.9 Å². The molecule has 2 aromatic heterocycles. The number of pyridine rings is 1. The van der Waals surface area contributed by atoms with Crippen LogP contribution < -0.4 is 4.74 Å². The van der Waals surface area contributed by atoms with Gasteiger partial charge in [-0.25, -0.2) is 14.8 Å². The van der Waals surface area contributed by atoms with Crippen LogP contribution in [0.4, 0.5) is 0 Å². The van der Waals surface area contributed by atoms with Gasteiger partial charge < -0.3 is 19.1 Å². The Bertz CT molecular complexity index is 1570. The van der Waals surface area contributed by atoms with Gasteiger partial charge in [0.25, 0.3) is 0 Å². The molecule has 4 heterocycles. The largest absolute Gasteiger partial charge is 0.478 e. The smallest absolute Gasteiger partial charge is 0.335 e. The second kappa shape index (κ2) is 11.8. The Morgan fingerprint density at radius 2 is 1.80 bits per heavy atom. The number of rotatable bonds is 10. The number of carboxylic acid groups (broad SMARTS) is 1. The van der Waals surface area contributed by atoms with Crippen LogP contribution in [0.3, 0.4) is 0 Å². The van der Waals surface area contributed by atoms with Crippen molar-refractivity contribution in [3.05, 3.63) is 88.9 Å². The van der Waals surface area contributed by atoms with Crippen molar-refractivity contribution in [1.29, 1.82) is 0 Å². The average molecular weight is 555 g/mol. The maximum Gasteiger partial charge on any atom is 0.335 e. The van der Waals surface area contributed by atoms with Gasteiger partial charge in [-0.05, 0) is 75.2 Å². The molecule has 1 N–H and O–H groups in total. The minimum Gasteiger partial charge on any atom is -0.478 e. The van der Waals surface area contributed by atoms with Crippen LogP contribution in [-0.4, -0.2) is 62.1 Å². The number of likely N-dealkylation sites (tertiary alicyclic amines) is 1. The molecule has 2 fully saturated rings. The Labute approximate surface area is 238 Å². The lowest BCUT2D eigenvalue weighted by atomic mass is 9.93. The molecule has 0 spiro atoms. The number of hydrogen-bond acceptors (Lipinski definition) is 7. The molecular weight excluding hydrogens is 520 g/mol. The van der Waals surface area contributed by atoms with Crippen molar-refractivity contribution in [2.24, 2.45) is 0 Å². The lowest BCUT2D eigenvalue weighted by Gasteiger charge is -2.32. The highest BCUT2D eigenvalue weighted by Crippen LogP contribution is 2.30. The van der Waals surface area contributed by atoms with Gasteiger partial charge in [-0.2, -0.15) is 0 Å². The molecule has 0 aliphatic carbocycles. The molecular formula is C32H34N4O5. The number of carbonyl (C=O) groups excluding carboxylic acids is 1. The number of nitrogens with zero attached hydrogens (tertiary/aromatic N) is 4. The zero-order valence-electron chi connectivity index (χ0n) is 23.2. The molecule has 9 heteroatoms. The summed E-state index contributed by atoms with van der Waals surface area (Å²) in [4.78, 5) is 35.4. The van der Waals surface area contributed by atoms with Crippen LogP contribution in [0.2, 0.25) is 0 Å². The fraction of sp³-hybridized carbons (Fsp3) is 0.375. The number of ketones is 1. The second-order valence-corrected chi connectivity index (χ2v) is 10.9. The highest BCUT2D eigenvalue weighted by molar-refractivity contribution is 5.94. The van der Waals surface area contributed by atoms with Crippen molar-refractivity contribution in [3.8, 4) is 5.88 Å². The third-order valence-corrected chi connectivity index (χ3v) is 8.09. The topological polar surface area (TPSA) is 107 Å². The van der Waals surface area contributed by atoms with E-state index in [1.165, 1.54) is 0 Å². The van der Waals surface area contributed by atoms with Crippen LogP contribution in [-0.2, 0) is 24.4 Å². The minimum absolute atomic E-state index is 0.0373. The number of fused-ring (bicyclic) bond motifs is 1. The first-order valence-electron chi connectivity index (χ1n) is 14.2. The molecule has 0 saturated carbocycles. The van der Waals surface area contributed by atoms with E-state index in [1.54, 1.807) is 25.1 Å². The van der Waals surface area contributed by atoms with E-state index in [4.69, 9.17) is 19.4 Å². The van der Waals surface area contributed by atoms with E-state index in [1.807, 2.05) is 36.4 Å². The van der Waals surface area contributed by atoms with Gasteiger partial charge in [-0.1, -0.05) is 24.3 Å². The van der Waals surface area contributed by atoms with E-state index in [2.05, 4.69) is 15.5 Å². The fourth-order valence-corrected chi connectivity index (χ4v) is 5.62. The molecule has 1 atom stereocenters. The standard InChI is InChI=1S/C32H34N4O5/c1-21(37)24-5-2-4-22(16-24)20-41-31-7-3-6-27(34-31)23-10-13-35(14-11-23)19-30-33-28-9-8-25(32(38)39)17-29(28)36(30)18-26-12-15-40-26/h2-9,16-17,23,26H,10-15,18-20H2,1H3,(H,38,39)/t26-/m0/s1. The summed E-state index contributed by atoms with van der Waals surface area (Å²) < 4.78 is 13.8. The number of Topliss-reactive ketones (excluding diaryl/α,β-unsaturated/α-hetero) is 1. The van der Waals surface area contributed by atoms with Crippen molar-refractivity contribution >= 4 is 22.8 Å². The quantitative estimate of drug-likeness (QED) is 0.271. The van der Waals surface area contributed by atoms with Crippen LogP contribution in [0.25, 0.3) is 11.0 Å². The molecule has 2 aliphatic rings. The maximum atomic E-state index is 11.7.